The first-order valence-corrected chi connectivity index (χ1v) is 7.22. The zero-order valence-corrected chi connectivity index (χ0v) is 13.1. The van der Waals surface area contributed by atoms with Crippen molar-refractivity contribution in [2.45, 2.75) is 66.1 Å². The Morgan fingerprint density at radius 3 is 1.95 bits per heavy atom. The molecule has 0 spiro atoms. The maximum atomic E-state index is 12.1. The highest BCUT2D eigenvalue weighted by Crippen LogP contribution is 1.97. The largest absolute Gasteiger partial charge is 0.352 e. The second-order valence-corrected chi connectivity index (χ2v) is 4.94. The van der Waals surface area contributed by atoms with Crippen LogP contribution in [0.5, 0.6) is 0 Å². The smallest absolute Gasteiger partial charge is 0.239 e. The number of amides is 2. The topological polar surface area (TPSA) is 61.4 Å². The van der Waals surface area contributed by atoms with Crippen LogP contribution in [-0.2, 0) is 9.59 Å². The second-order valence-electron chi connectivity index (χ2n) is 4.94. The lowest BCUT2D eigenvalue weighted by molar-refractivity contribution is -0.133. The minimum atomic E-state index is -0.372. The molecule has 0 saturated carbocycles. The van der Waals surface area contributed by atoms with Crippen LogP contribution in [0.4, 0.5) is 0 Å². The predicted octanol–water partition coefficient (Wildman–Crippen LogP) is 1.14. The van der Waals surface area contributed by atoms with Crippen LogP contribution in [-0.4, -0.2) is 47.9 Å². The third-order valence-electron chi connectivity index (χ3n) is 3.34. The fourth-order valence-electron chi connectivity index (χ4n) is 1.80. The Morgan fingerprint density at radius 1 is 1.00 bits per heavy atom. The van der Waals surface area contributed by atoms with Gasteiger partial charge in [-0.05, 0) is 41.0 Å². The Balaban J connectivity index is 4.35. The Kier molecular flexibility index (Phi) is 8.39. The van der Waals surface area contributed by atoms with Crippen LogP contribution >= 0.6 is 0 Å². The van der Waals surface area contributed by atoms with Crippen molar-refractivity contribution in [3.8, 4) is 0 Å². The standard InChI is InChI=1S/C14H29N3O2/c1-7-10(4)15-13(18)11(5)16-12(6)14(19)17(8-2)9-3/h10-12,16H,7-9H2,1-6H3,(H,15,18). The van der Waals surface area contributed by atoms with E-state index in [0.717, 1.165) is 6.42 Å². The summed E-state index contributed by atoms with van der Waals surface area (Å²) in [5.41, 5.74) is 0. The van der Waals surface area contributed by atoms with Crippen molar-refractivity contribution in [2.75, 3.05) is 13.1 Å². The van der Waals surface area contributed by atoms with Crippen molar-refractivity contribution in [1.82, 2.24) is 15.5 Å². The Bertz CT molecular complexity index is 290. The number of nitrogens with zero attached hydrogens (tertiary/aromatic N) is 1. The van der Waals surface area contributed by atoms with Crippen LogP contribution < -0.4 is 10.6 Å². The van der Waals surface area contributed by atoms with Crippen molar-refractivity contribution in [3.63, 3.8) is 0 Å². The van der Waals surface area contributed by atoms with Gasteiger partial charge in [-0.2, -0.15) is 0 Å². The van der Waals surface area contributed by atoms with Gasteiger partial charge in [0.15, 0.2) is 0 Å². The zero-order valence-electron chi connectivity index (χ0n) is 13.1. The highest BCUT2D eigenvalue weighted by Gasteiger charge is 2.22. The lowest BCUT2D eigenvalue weighted by Crippen LogP contribution is -2.53. The van der Waals surface area contributed by atoms with Crippen LogP contribution in [0.25, 0.3) is 0 Å². The van der Waals surface area contributed by atoms with E-state index in [0.29, 0.717) is 13.1 Å². The van der Waals surface area contributed by atoms with Gasteiger partial charge in [-0.1, -0.05) is 6.92 Å². The maximum absolute atomic E-state index is 12.1. The number of hydrogen-bond donors (Lipinski definition) is 2. The molecule has 0 saturated heterocycles. The lowest BCUT2D eigenvalue weighted by Gasteiger charge is -2.26. The van der Waals surface area contributed by atoms with E-state index in [4.69, 9.17) is 0 Å². The molecular formula is C14H29N3O2. The fraction of sp³-hybridized carbons (Fsp3) is 0.857. The average molecular weight is 271 g/mol. The van der Waals surface area contributed by atoms with Gasteiger partial charge in [0.2, 0.25) is 11.8 Å². The second kappa shape index (κ2) is 8.91. The number of carbonyl (C=O) groups excluding carboxylic acids is 2. The minimum Gasteiger partial charge on any atom is -0.352 e. The van der Waals surface area contributed by atoms with E-state index in [1.54, 1.807) is 18.7 Å². The molecule has 0 heterocycles. The molecule has 0 aromatic heterocycles. The van der Waals surface area contributed by atoms with E-state index in [1.165, 1.54) is 0 Å². The van der Waals surface area contributed by atoms with Crippen LogP contribution in [0.1, 0.15) is 48.0 Å². The van der Waals surface area contributed by atoms with Gasteiger partial charge in [0.25, 0.3) is 0 Å². The van der Waals surface area contributed by atoms with Gasteiger partial charge in [0, 0.05) is 19.1 Å². The summed E-state index contributed by atoms with van der Waals surface area (Å²) in [6.07, 6.45) is 0.895. The number of rotatable bonds is 8. The van der Waals surface area contributed by atoms with E-state index in [1.807, 2.05) is 27.7 Å². The first kappa shape index (κ1) is 17.9. The number of nitrogens with one attached hydrogen (secondary N) is 2. The van der Waals surface area contributed by atoms with Crippen molar-refractivity contribution < 1.29 is 9.59 Å². The van der Waals surface area contributed by atoms with Crippen LogP contribution in [0.3, 0.4) is 0 Å². The van der Waals surface area contributed by atoms with Gasteiger partial charge in [-0.15, -0.1) is 0 Å². The molecule has 0 aliphatic heterocycles. The maximum Gasteiger partial charge on any atom is 0.239 e. The molecule has 0 aromatic carbocycles. The minimum absolute atomic E-state index is 0.0354. The van der Waals surface area contributed by atoms with E-state index in [2.05, 4.69) is 10.6 Å². The Hall–Kier alpha value is -1.10. The van der Waals surface area contributed by atoms with Crippen molar-refractivity contribution >= 4 is 11.8 Å². The summed E-state index contributed by atoms with van der Waals surface area (Å²) in [4.78, 5) is 25.7. The van der Waals surface area contributed by atoms with Crippen LogP contribution in [0, 0.1) is 0 Å². The molecule has 0 bridgehead atoms. The molecule has 0 aliphatic carbocycles. The van der Waals surface area contributed by atoms with Gasteiger partial charge in [-0.25, -0.2) is 0 Å². The quantitative estimate of drug-likeness (QED) is 0.696. The molecule has 0 rings (SSSR count). The Labute approximate surface area is 117 Å². The summed E-state index contributed by atoms with van der Waals surface area (Å²) in [6.45, 7) is 12.9. The number of likely N-dealkylation sites (N-methyl/N-ethyl adjacent to an activating group) is 1. The van der Waals surface area contributed by atoms with E-state index < -0.39 is 0 Å². The molecule has 2 amide bonds. The highest BCUT2D eigenvalue weighted by molar-refractivity contribution is 5.85. The summed E-state index contributed by atoms with van der Waals surface area (Å²) >= 11 is 0. The van der Waals surface area contributed by atoms with Crippen molar-refractivity contribution in [3.05, 3.63) is 0 Å². The summed E-state index contributed by atoms with van der Waals surface area (Å²) in [7, 11) is 0. The van der Waals surface area contributed by atoms with E-state index >= 15 is 0 Å². The lowest BCUT2D eigenvalue weighted by atomic mass is 10.2. The van der Waals surface area contributed by atoms with Crippen LogP contribution in [0.15, 0.2) is 0 Å². The molecule has 19 heavy (non-hydrogen) atoms. The highest BCUT2D eigenvalue weighted by atomic mass is 16.2. The normalized spacial score (nSPS) is 15.5. The van der Waals surface area contributed by atoms with Crippen LogP contribution in [0.2, 0.25) is 0 Å². The number of hydrogen-bond acceptors (Lipinski definition) is 3. The van der Waals surface area contributed by atoms with E-state index in [9.17, 15) is 9.59 Å². The van der Waals surface area contributed by atoms with Gasteiger partial charge >= 0.3 is 0 Å². The molecule has 0 aromatic rings. The molecule has 0 radical (unpaired) electrons. The third-order valence-corrected chi connectivity index (χ3v) is 3.34. The summed E-state index contributed by atoms with van der Waals surface area (Å²) < 4.78 is 0. The van der Waals surface area contributed by atoms with Crippen molar-refractivity contribution in [1.29, 1.82) is 0 Å². The summed E-state index contributed by atoms with van der Waals surface area (Å²) in [5, 5.41) is 5.96. The zero-order chi connectivity index (χ0) is 15.0. The summed E-state index contributed by atoms with van der Waals surface area (Å²) in [6, 6.07) is -0.563. The SMILES string of the molecule is CCC(C)NC(=O)C(C)NC(C)C(=O)N(CC)CC. The van der Waals surface area contributed by atoms with Gasteiger partial charge in [0.1, 0.15) is 0 Å². The van der Waals surface area contributed by atoms with Crippen molar-refractivity contribution in [2.24, 2.45) is 0 Å². The molecule has 0 fully saturated rings. The molecule has 3 atom stereocenters. The van der Waals surface area contributed by atoms with Gasteiger partial charge < -0.3 is 10.2 Å². The number of carbonyl (C=O) groups is 2. The Morgan fingerprint density at radius 2 is 1.53 bits per heavy atom. The predicted molar refractivity (Wildman–Crippen MR) is 77.9 cm³/mol. The fourth-order valence-corrected chi connectivity index (χ4v) is 1.80. The monoisotopic (exact) mass is 271 g/mol. The first-order chi connectivity index (χ1) is 8.87. The average Bonchev–Trinajstić information content (AvgIpc) is 2.39. The molecule has 0 aliphatic rings. The first-order valence-electron chi connectivity index (χ1n) is 7.22. The van der Waals surface area contributed by atoms with E-state index in [-0.39, 0.29) is 29.9 Å². The molecule has 5 nitrogen and oxygen atoms in total. The molecular weight excluding hydrogens is 242 g/mol. The molecule has 5 heteroatoms. The third kappa shape index (κ3) is 6.05. The molecule has 3 unspecified atom stereocenters. The molecule has 112 valence electrons. The molecule has 2 N–H and O–H groups in total. The van der Waals surface area contributed by atoms with Gasteiger partial charge in [0.05, 0.1) is 12.1 Å². The van der Waals surface area contributed by atoms with Gasteiger partial charge in [-0.3, -0.25) is 14.9 Å². The summed E-state index contributed by atoms with van der Waals surface area (Å²) in [5.74, 6) is -0.0262.